The third-order valence-electron chi connectivity index (χ3n) is 3.78. The van der Waals surface area contributed by atoms with Crippen molar-refractivity contribution in [2.45, 2.75) is 59.1 Å². The van der Waals surface area contributed by atoms with Gasteiger partial charge in [0, 0.05) is 7.05 Å². The highest BCUT2D eigenvalue weighted by Gasteiger charge is 2.36. The molecule has 1 unspecified atom stereocenters. The molecule has 0 bridgehead atoms. The molecule has 0 saturated heterocycles. The summed E-state index contributed by atoms with van der Waals surface area (Å²) in [7, 11) is 1.59. The fourth-order valence-corrected chi connectivity index (χ4v) is 2.31. The molecule has 0 heterocycles. The molecule has 0 fully saturated rings. The SMILES string of the molecule is CC(C)Cc1ccc(C(C)(C=O)N(C)C(=O)OC(C)(C)C)cc1. The number of hydrogen-bond acceptors (Lipinski definition) is 3. The lowest BCUT2D eigenvalue weighted by atomic mass is 9.90. The first-order valence-corrected chi connectivity index (χ1v) is 8.02. The van der Waals surface area contributed by atoms with Crippen molar-refractivity contribution >= 4 is 12.4 Å². The fraction of sp³-hybridized carbons (Fsp3) is 0.579. The maximum atomic E-state index is 12.3. The second-order valence-electron chi connectivity index (χ2n) is 7.60. The zero-order valence-corrected chi connectivity index (χ0v) is 15.3. The number of amides is 1. The van der Waals surface area contributed by atoms with Gasteiger partial charge in [-0.05, 0) is 51.2 Å². The summed E-state index contributed by atoms with van der Waals surface area (Å²) in [5.74, 6) is 0.572. The predicted octanol–water partition coefficient (Wildman–Crippen LogP) is 4.17. The van der Waals surface area contributed by atoms with Crippen LogP contribution in [0.25, 0.3) is 0 Å². The summed E-state index contributed by atoms with van der Waals surface area (Å²) in [6.07, 6.45) is 1.26. The summed E-state index contributed by atoms with van der Waals surface area (Å²) in [6, 6.07) is 7.85. The van der Waals surface area contributed by atoms with E-state index >= 15 is 0 Å². The van der Waals surface area contributed by atoms with Crippen molar-refractivity contribution in [3.8, 4) is 0 Å². The van der Waals surface area contributed by atoms with Crippen LogP contribution in [0.15, 0.2) is 24.3 Å². The summed E-state index contributed by atoms with van der Waals surface area (Å²) < 4.78 is 5.37. The maximum absolute atomic E-state index is 12.3. The Balaban J connectivity index is 3.04. The minimum atomic E-state index is -1.06. The van der Waals surface area contributed by atoms with E-state index in [1.165, 1.54) is 10.5 Å². The number of rotatable bonds is 5. The molecular formula is C19H29NO3. The van der Waals surface area contributed by atoms with E-state index < -0.39 is 17.2 Å². The molecule has 0 aliphatic heterocycles. The van der Waals surface area contributed by atoms with Gasteiger partial charge in [-0.2, -0.15) is 0 Å². The molecule has 4 nitrogen and oxygen atoms in total. The zero-order valence-electron chi connectivity index (χ0n) is 15.3. The topological polar surface area (TPSA) is 46.6 Å². The van der Waals surface area contributed by atoms with E-state index in [2.05, 4.69) is 13.8 Å². The van der Waals surface area contributed by atoms with Gasteiger partial charge in [0.1, 0.15) is 17.4 Å². The van der Waals surface area contributed by atoms with E-state index in [9.17, 15) is 9.59 Å². The lowest BCUT2D eigenvalue weighted by Crippen LogP contribution is -2.48. The number of hydrogen-bond donors (Lipinski definition) is 0. The second-order valence-corrected chi connectivity index (χ2v) is 7.60. The van der Waals surface area contributed by atoms with Crippen LogP contribution in [-0.2, 0) is 21.5 Å². The second kappa shape index (κ2) is 7.16. The average Bonchev–Trinajstić information content (AvgIpc) is 2.44. The third kappa shape index (κ3) is 5.08. The first kappa shape index (κ1) is 19.2. The average molecular weight is 319 g/mol. The number of aldehydes is 1. The molecule has 0 aliphatic rings. The third-order valence-corrected chi connectivity index (χ3v) is 3.78. The van der Waals surface area contributed by atoms with Crippen molar-refractivity contribution in [1.29, 1.82) is 0 Å². The molecule has 1 atom stereocenters. The van der Waals surface area contributed by atoms with Crippen LogP contribution in [0.2, 0.25) is 0 Å². The van der Waals surface area contributed by atoms with Crippen LogP contribution < -0.4 is 0 Å². The van der Waals surface area contributed by atoms with Gasteiger partial charge in [-0.1, -0.05) is 38.1 Å². The highest BCUT2D eigenvalue weighted by atomic mass is 16.6. The van der Waals surface area contributed by atoms with Crippen molar-refractivity contribution < 1.29 is 14.3 Å². The number of nitrogens with zero attached hydrogens (tertiary/aromatic N) is 1. The predicted molar refractivity (Wildman–Crippen MR) is 92.4 cm³/mol. The van der Waals surface area contributed by atoms with E-state index in [4.69, 9.17) is 4.74 Å². The van der Waals surface area contributed by atoms with Crippen LogP contribution in [0.3, 0.4) is 0 Å². The molecule has 0 radical (unpaired) electrons. The monoisotopic (exact) mass is 319 g/mol. The van der Waals surface area contributed by atoms with E-state index in [1.807, 2.05) is 24.3 Å². The minimum Gasteiger partial charge on any atom is -0.444 e. The smallest absolute Gasteiger partial charge is 0.411 e. The van der Waals surface area contributed by atoms with Crippen molar-refractivity contribution in [2.75, 3.05) is 7.05 Å². The standard InChI is InChI=1S/C19H29NO3/c1-14(2)12-15-8-10-16(11-9-15)19(6,13-21)20(7)17(22)23-18(3,4)5/h8-11,13-14H,12H2,1-7H3. The first-order valence-electron chi connectivity index (χ1n) is 8.02. The van der Waals surface area contributed by atoms with Crippen LogP contribution in [0.5, 0.6) is 0 Å². The number of benzene rings is 1. The summed E-state index contributed by atoms with van der Waals surface area (Å²) in [5.41, 5.74) is 0.333. The molecular weight excluding hydrogens is 290 g/mol. The zero-order chi connectivity index (χ0) is 17.8. The molecule has 1 rings (SSSR count). The van der Waals surface area contributed by atoms with Gasteiger partial charge in [0.2, 0.25) is 0 Å². The van der Waals surface area contributed by atoms with Gasteiger partial charge in [0.15, 0.2) is 0 Å². The van der Waals surface area contributed by atoms with Crippen molar-refractivity contribution in [1.82, 2.24) is 4.90 Å². The number of carbonyl (C=O) groups is 2. The van der Waals surface area contributed by atoms with Gasteiger partial charge in [0.25, 0.3) is 0 Å². The summed E-state index contributed by atoms with van der Waals surface area (Å²) >= 11 is 0. The van der Waals surface area contributed by atoms with Gasteiger partial charge >= 0.3 is 6.09 Å². The van der Waals surface area contributed by atoms with Gasteiger partial charge in [0.05, 0.1) is 0 Å². The first-order chi connectivity index (χ1) is 10.5. The van der Waals surface area contributed by atoms with E-state index in [0.717, 1.165) is 18.3 Å². The van der Waals surface area contributed by atoms with Crippen LogP contribution in [0.1, 0.15) is 52.7 Å². The van der Waals surface area contributed by atoms with Crippen LogP contribution in [0.4, 0.5) is 4.79 Å². The summed E-state index contributed by atoms with van der Waals surface area (Å²) in [5, 5.41) is 0. The Morgan fingerprint density at radius 3 is 2.09 bits per heavy atom. The van der Waals surface area contributed by atoms with Crippen molar-refractivity contribution in [3.63, 3.8) is 0 Å². The van der Waals surface area contributed by atoms with Crippen LogP contribution in [-0.4, -0.2) is 29.9 Å². The van der Waals surface area contributed by atoms with Crippen LogP contribution in [0, 0.1) is 5.92 Å². The Kier molecular flexibility index (Phi) is 5.98. The molecule has 0 saturated carbocycles. The van der Waals surface area contributed by atoms with Crippen molar-refractivity contribution in [3.05, 3.63) is 35.4 Å². The minimum absolute atomic E-state index is 0.515. The van der Waals surface area contributed by atoms with Gasteiger partial charge < -0.3 is 9.53 Å². The molecule has 1 aromatic carbocycles. The fourth-order valence-electron chi connectivity index (χ4n) is 2.31. The Morgan fingerprint density at radius 1 is 1.17 bits per heavy atom. The largest absolute Gasteiger partial charge is 0.444 e. The van der Waals surface area contributed by atoms with Crippen molar-refractivity contribution in [2.24, 2.45) is 5.92 Å². The Hall–Kier alpha value is -1.84. The van der Waals surface area contributed by atoms with Crippen LogP contribution >= 0.6 is 0 Å². The lowest BCUT2D eigenvalue weighted by Gasteiger charge is -2.35. The lowest BCUT2D eigenvalue weighted by molar-refractivity contribution is -0.117. The maximum Gasteiger partial charge on any atom is 0.411 e. The Labute approximate surface area is 139 Å². The Bertz CT molecular complexity index is 543. The Morgan fingerprint density at radius 2 is 1.70 bits per heavy atom. The number of likely N-dealkylation sites (N-methyl/N-ethyl adjacent to an activating group) is 1. The highest BCUT2D eigenvalue weighted by molar-refractivity contribution is 5.77. The summed E-state index contributed by atoms with van der Waals surface area (Å²) in [6.45, 7) is 11.5. The molecule has 1 aromatic rings. The highest BCUT2D eigenvalue weighted by Crippen LogP contribution is 2.27. The van der Waals surface area contributed by atoms with Gasteiger partial charge in [-0.15, -0.1) is 0 Å². The molecule has 0 spiro atoms. The molecule has 0 aliphatic carbocycles. The molecule has 128 valence electrons. The summed E-state index contributed by atoms with van der Waals surface area (Å²) in [4.78, 5) is 25.4. The molecule has 1 amide bonds. The van der Waals surface area contributed by atoms with E-state index in [-0.39, 0.29) is 0 Å². The van der Waals surface area contributed by atoms with E-state index in [0.29, 0.717) is 5.92 Å². The molecule has 23 heavy (non-hydrogen) atoms. The number of carbonyl (C=O) groups excluding carboxylic acids is 2. The molecule has 4 heteroatoms. The number of ether oxygens (including phenoxy) is 1. The quantitative estimate of drug-likeness (QED) is 0.765. The van der Waals surface area contributed by atoms with Gasteiger partial charge in [-0.3, -0.25) is 4.90 Å². The normalized spacial score (nSPS) is 14.3. The van der Waals surface area contributed by atoms with E-state index in [1.54, 1.807) is 34.7 Å². The van der Waals surface area contributed by atoms with Gasteiger partial charge in [-0.25, -0.2) is 4.79 Å². The molecule has 0 aromatic heterocycles. The molecule has 0 N–H and O–H groups in total.